The summed E-state index contributed by atoms with van der Waals surface area (Å²) in [6, 6.07) is 9.97. The van der Waals surface area contributed by atoms with E-state index in [4.69, 9.17) is 23.2 Å². The van der Waals surface area contributed by atoms with Crippen LogP contribution in [0.5, 0.6) is 0 Å². The molecule has 0 radical (unpaired) electrons. The maximum Gasteiger partial charge on any atom is 0.256 e. The van der Waals surface area contributed by atoms with Crippen molar-refractivity contribution in [1.29, 1.82) is 0 Å². The van der Waals surface area contributed by atoms with Crippen molar-refractivity contribution in [1.82, 2.24) is 4.98 Å². The molecule has 0 saturated carbocycles. The smallest absolute Gasteiger partial charge is 0.256 e. The minimum absolute atomic E-state index is 0.262. The topological polar surface area (TPSA) is 42.0 Å². The van der Waals surface area contributed by atoms with Gasteiger partial charge in [-0.05, 0) is 30.3 Å². The highest BCUT2D eigenvalue weighted by Gasteiger charge is 2.06. The molecule has 0 spiro atoms. The van der Waals surface area contributed by atoms with Crippen LogP contribution in [0.3, 0.4) is 0 Å². The molecule has 0 bridgehead atoms. The number of nitrogens with one attached hydrogen (secondary N) is 1. The second kappa shape index (κ2) is 5.17. The molecule has 1 amide bonds. The highest BCUT2D eigenvalue weighted by molar-refractivity contribution is 6.31. The molecule has 1 aromatic heterocycles. The van der Waals surface area contributed by atoms with Crippen molar-refractivity contribution in [3.8, 4) is 0 Å². The lowest BCUT2D eigenvalue weighted by atomic mass is 10.2. The van der Waals surface area contributed by atoms with Gasteiger partial charge in [-0.2, -0.15) is 0 Å². The maximum atomic E-state index is 11.8. The summed E-state index contributed by atoms with van der Waals surface area (Å²) in [4.78, 5) is 15.8. The molecule has 0 aliphatic carbocycles. The molecular weight excluding hydrogens is 259 g/mol. The Morgan fingerprint density at radius 3 is 2.59 bits per heavy atom. The average molecular weight is 267 g/mol. The van der Waals surface area contributed by atoms with Crippen molar-refractivity contribution >= 4 is 34.9 Å². The van der Waals surface area contributed by atoms with Gasteiger partial charge in [0.05, 0.1) is 5.02 Å². The molecule has 0 saturated heterocycles. The van der Waals surface area contributed by atoms with Crippen molar-refractivity contribution in [2.75, 3.05) is 5.32 Å². The third-order valence-electron chi connectivity index (χ3n) is 2.06. The van der Waals surface area contributed by atoms with Crippen LogP contribution in [0.2, 0.25) is 10.0 Å². The van der Waals surface area contributed by atoms with Gasteiger partial charge in [-0.3, -0.25) is 4.79 Å². The van der Waals surface area contributed by atoms with Crippen molar-refractivity contribution in [2.45, 2.75) is 0 Å². The number of anilines is 1. The van der Waals surface area contributed by atoms with Crippen molar-refractivity contribution in [3.63, 3.8) is 0 Å². The van der Waals surface area contributed by atoms with Crippen LogP contribution >= 0.6 is 23.2 Å². The van der Waals surface area contributed by atoms with Crippen molar-refractivity contribution < 1.29 is 4.79 Å². The zero-order chi connectivity index (χ0) is 12.3. The van der Waals surface area contributed by atoms with Gasteiger partial charge in [0.15, 0.2) is 0 Å². The van der Waals surface area contributed by atoms with Gasteiger partial charge in [0, 0.05) is 16.8 Å². The first-order valence-electron chi connectivity index (χ1n) is 4.83. The van der Waals surface area contributed by atoms with Gasteiger partial charge in [-0.15, -0.1) is 0 Å². The summed E-state index contributed by atoms with van der Waals surface area (Å²) in [7, 11) is 0. The van der Waals surface area contributed by atoms with Gasteiger partial charge < -0.3 is 5.32 Å². The predicted octanol–water partition coefficient (Wildman–Crippen LogP) is 3.64. The number of hydrogen-bond acceptors (Lipinski definition) is 2. The maximum absolute atomic E-state index is 11.8. The Kier molecular flexibility index (Phi) is 3.61. The number of amides is 1. The van der Waals surface area contributed by atoms with Crippen LogP contribution in [-0.2, 0) is 0 Å². The van der Waals surface area contributed by atoms with Crippen molar-refractivity contribution in [2.24, 2.45) is 0 Å². The molecule has 1 aromatic carbocycles. The standard InChI is InChI=1S/C12H8Cl2N2O/c13-9-3-1-2-8(6-9)12(17)16-11-5-4-10(14)7-15-11/h1-7H,(H,15,16,17). The zero-order valence-corrected chi connectivity index (χ0v) is 10.2. The molecule has 0 unspecified atom stereocenters. The molecule has 2 rings (SSSR count). The number of benzene rings is 1. The highest BCUT2D eigenvalue weighted by Crippen LogP contribution is 2.13. The number of hydrogen-bond donors (Lipinski definition) is 1. The number of carbonyl (C=O) groups is 1. The lowest BCUT2D eigenvalue weighted by molar-refractivity contribution is 0.102. The second-order valence-corrected chi connectivity index (χ2v) is 4.20. The van der Waals surface area contributed by atoms with Crippen LogP contribution in [-0.4, -0.2) is 10.9 Å². The minimum Gasteiger partial charge on any atom is -0.307 e. The Hall–Kier alpha value is -1.58. The quantitative estimate of drug-likeness (QED) is 0.902. The molecule has 5 heteroatoms. The first kappa shape index (κ1) is 11.9. The van der Waals surface area contributed by atoms with Crippen LogP contribution in [0.4, 0.5) is 5.82 Å². The Bertz CT molecular complexity index is 540. The van der Waals surface area contributed by atoms with Crippen LogP contribution in [0.15, 0.2) is 42.6 Å². The summed E-state index contributed by atoms with van der Waals surface area (Å²) in [6.07, 6.45) is 1.47. The normalized spacial score (nSPS) is 10.0. The van der Waals surface area contributed by atoms with Gasteiger partial charge in [0.1, 0.15) is 5.82 Å². The molecule has 0 aliphatic rings. The number of halogens is 2. The van der Waals surface area contributed by atoms with Crippen molar-refractivity contribution in [3.05, 3.63) is 58.2 Å². The Labute approximate surface area is 108 Å². The van der Waals surface area contributed by atoms with Crippen LogP contribution in [0, 0.1) is 0 Å². The van der Waals surface area contributed by atoms with E-state index < -0.39 is 0 Å². The Morgan fingerprint density at radius 1 is 1.12 bits per heavy atom. The number of nitrogens with zero attached hydrogens (tertiary/aromatic N) is 1. The van der Waals surface area contributed by atoms with E-state index in [2.05, 4.69) is 10.3 Å². The summed E-state index contributed by atoms with van der Waals surface area (Å²) in [5.41, 5.74) is 0.481. The number of carbonyl (C=O) groups excluding carboxylic acids is 1. The number of aromatic nitrogens is 1. The summed E-state index contributed by atoms with van der Waals surface area (Å²) in [5, 5.41) is 3.68. The summed E-state index contributed by atoms with van der Waals surface area (Å²) in [6.45, 7) is 0. The molecule has 3 nitrogen and oxygen atoms in total. The van der Waals surface area contributed by atoms with Crippen LogP contribution < -0.4 is 5.32 Å². The highest BCUT2D eigenvalue weighted by atomic mass is 35.5. The SMILES string of the molecule is O=C(Nc1ccc(Cl)cn1)c1cccc(Cl)c1. The van der Waals surface area contributed by atoms with E-state index in [0.717, 1.165) is 0 Å². The van der Waals surface area contributed by atoms with E-state index >= 15 is 0 Å². The average Bonchev–Trinajstić information content (AvgIpc) is 2.32. The Morgan fingerprint density at radius 2 is 1.94 bits per heavy atom. The molecule has 0 aliphatic heterocycles. The molecule has 1 N–H and O–H groups in total. The molecule has 0 fully saturated rings. The Balaban J connectivity index is 2.14. The molecular formula is C12H8Cl2N2O. The van der Waals surface area contributed by atoms with E-state index in [1.165, 1.54) is 6.20 Å². The van der Waals surface area contributed by atoms with E-state index in [1.807, 2.05) is 0 Å². The number of pyridine rings is 1. The van der Waals surface area contributed by atoms with E-state index in [-0.39, 0.29) is 5.91 Å². The fraction of sp³-hybridized carbons (Fsp3) is 0. The van der Waals surface area contributed by atoms with E-state index in [1.54, 1.807) is 36.4 Å². The number of rotatable bonds is 2. The summed E-state index contributed by atoms with van der Waals surface area (Å²) in [5.74, 6) is 0.182. The van der Waals surface area contributed by atoms with Gasteiger partial charge >= 0.3 is 0 Å². The first-order chi connectivity index (χ1) is 8.15. The minimum atomic E-state index is -0.262. The second-order valence-electron chi connectivity index (χ2n) is 3.33. The fourth-order valence-corrected chi connectivity index (χ4v) is 1.57. The molecule has 86 valence electrons. The monoisotopic (exact) mass is 266 g/mol. The van der Waals surface area contributed by atoms with Crippen LogP contribution in [0.1, 0.15) is 10.4 Å². The third kappa shape index (κ3) is 3.19. The van der Waals surface area contributed by atoms with Crippen LogP contribution in [0.25, 0.3) is 0 Å². The van der Waals surface area contributed by atoms with Gasteiger partial charge in [-0.1, -0.05) is 29.3 Å². The van der Waals surface area contributed by atoms with Gasteiger partial charge in [0.25, 0.3) is 5.91 Å². The van der Waals surface area contributed by atoms with E-state index in [0.29, 0.717) is 21.4 Å². The van der Waals surface area contributed by atoms with E-state index in [9.17, 15) is 4.79 Å². The summed E-state index contributed by atoms with van der Waals surface area (Å²) < 4.78 is 0. The fourth-order valence-electron chi connectivity index (χ4n) is 1.27. The molecule has 0 atom stereocenters. The lowest BCUT2D eigenvalue weighted by Gasteiger charge is -2.04. The lowest BCUT2D eigenvalue weighted by Crippen LogP contribution is -2.12. The largest absolute Gasteiger partial charge is 0.307 e. The van der Waals surface area contributed by atoms with Gasteiger partial charge in [0.2, 0.25) is 0 Å². The first-order valence-corrected chi connectivity index (χ1v) is 5.59. The van der Waals surface area contributed by atoms with Gasteiger partial charge in [-0.25, -0.2) is 4.98 Å². The molecule has 17 heavy (non-hydrogen) atoms. The predicted molar refractivity (Wildman–Crippen MR) is 68.7 cm³/mol. The zero-order valence-electron chi connectivity index (χ0n) is 8.65. The third-order valence-corrected chi connectivity index (χ3v) is 2.51. The molecule has 1 heterocycles. The summed E-state index contributed by atoms with van der Waals surface area (Å²) >= 11 is 11.5. The molecule has 2 aromatic rings.